The summed E-state index contributed by atoms with van der Waals surface area (Å²) in [5.41, 5.74) is 6.82. The van der Waals surface area contributed by atoms with Crippen molar-refractivity contribution in [1.82, 2.24) is 9.97 Å². The third-order valence-electron chi connectivity index (χ3n) is 2.20. The molecule has 0 aliphatic rings. The van der Waals surface area contributed by atoms with Crippen molar-refractivity contribution in [2.45, 2.75) is 6.42 Å². The van der Waals surface area contributed by atoms with E-state index in [1.807, 2.05) is 0 Å². The second-order valence-electron chi connectivity index (χ2n) is 3.39. The van der Waals surface area contributed by atoms with Crippen molar-refractivity contribution in [2.75, 3.05) is 11.9 Å². The number of nitrogens with two attached hydrogens (primary N) is 1. The summed E-state index contributed by atoms with van der Waals surface area (Å²) < 4.78 is 0. The molecule has 0 radical (unpaired) electrons. The maximum absolute atomic E-state index is 11.4. The first-order chi connectivity index (χ1) is 7.70. The van der Waals surface area contributed by atoms with Crippen LogP contribution < -0.4 is 16.7 Å². The molecule has 2 aromatic rings. The number of hydrogen-bond acceptors (Lipinski definition) is 3. The van der Waals surface area contributed by atoms with Gasteiger partial charge in [-0.1, -0.05) is 6.07 Å². The Bertz CT molecular complexity index is 569. The lowest BCUT2D eigenvalue weighted by molar-refractivity contribution is -0.116. The number of H-pyrrole nitrogens is 2. The fourth-order valence-corrected chi connectivity index (χ4v) is 1.51. The van der Waals surface area contributed by atoms with Gasteiger partial charge in [-0.05, 0) is 12.1 Å². The first-order valence-electron chi connectivity index (χ1n) is 4.91. The van der Waals surface area contributed by atoms with E-state index in [-0.39, 0.29) is 18.0 Å². The topological polar surface area (TPSA) is 104 Å². The zero-order chi connectivity index (χ0) is 11.5. The van der Waals surface area contributed by atoms with E-state index >= 15 is 0 Å². The SMILES string of the molecule is NCCC(=O)Nc1cccc2[nH]c(=O)[nH]c12. The average Bonchev–Trinajstić information content (AvgIpc) is 2.60. The molecule has 2 rings (SSSR count). The van der Waals surface area contributed by atoms with E-state index in [0.29, 0.717) is 23.3 Å². The molecule has 0 saturated heterocycles. The van der Waals surface area contributed by atoms with Crippen molar-refractivity contribution >= 4 is 22.6 Å². The second kappa shape index (κ2) is 4.19. The number of imidazole rings is 1. The van der Waals surface area contributed by atoms with Crippen molar-refractivity contribution in [3.8, 4) is 0 Å². The van der Waals surface area contributed by atoms with Crippen LogP contribution in [0.25, 0.3) is 11.0 Å². The molecular weight excluding hydrogens is 208 g/mol. The molecule has 5 N–H and O–H groups in total. The Balaban J connectivity index is 2.36. The molecule has 1 aromatic carbocycles. The van der Waals surface area contributed by atoms with E-state index in [0.717, 1.165) is 0 Å². The Hall–Kier alpha value is -2.08. The summed E-state index contributed by atoms with van der Waals surface area (Å²) in [4.78, 5) is 27.7. The van der Waals surface area contributed by atoms with Gasteiger partial charge in [0.2, 0.25) is 5.91 Å². The Morgan fingerprint density at radius 3 is 2.94 bits per heavy atom. The van der Waals surface area contributed by atoms with Crippen molar-refractivity contribution in [3.05, 3.63) is 28.7 Å². The van der Waals surface area contributed by atoms with Gasteiger partial charge in [0.25, 0.3) is 0 Å². The molecule has 1 aromatic heterocycles. The zero-order valence-electron chi connectivity index (χ0n) is 8.54. The summed E-state index contributed by atoms with van der Waals surface area (Å²) in [5.74, 6) is -0.169. The number of anilines is 1. The quantitative estimate of drug-likeness (QED) is 0.591. The van der Waals surface area contributed by atoms with Gasteiger partial charge in [0, 0.05) is 13.0 Å². The molecule has 0 fully saturated rings. The van der Waals surface area contributed by atoms with Gasteiger partial charge in [0.1, 0.15) is 0 Å². The fourth-order valence-electron chi connectivity index (χ4n) is 1.51. The average molecular weight is 220 g/mol. The van der Waals surface area contributed by atoms with Crippen molar-refractivity contribution < 1.29 is 4.79 Å². The molecule has 0 unspecified atom stereocenters. The van der Waals surface area contributed by atoms with E-state index in [1.54, 1.807) is 18.2 Å². The molecule has 16 heavy (non-hydrogen) atoms. The summed E-state index contributed by atoms with van der Waals surface area (Å²) in [7, 11) is 0. The Kier molecular flexibility index (Phi) is 2.74. The van der Waals surface area contributed by atoms with Crippen molar-refractivity contribution in [3.63, 3.8) is 0 Å². The van der Waals surface area contributed by atoms with Crippen LogP contribution in [0.4, 0.5) is 5.69 Å². The number of carbonyl (C=O) groups is 1. The monoisotopic (exact) mass is 220 g/mol. The number of rotatable bonds is 3. The van der Waals surface area contributed by atoms with Crippen LogP contribution in [0.3, 0.4) is 0 Å². The number of hydrogen-bond donors (Lipinski definition) is 4. The molecule has 6 nitrogen and oxygen atoms in total. The predicted octanol–water partition coefficient (Wildman–Crippen LogP) is 0.143. The highest BCUT2D eigenvalue weighted by atomic mass is 16.2. The summed E-state index contributed by atoms with van der Waals surface area (Å²) in [6.07, 6.45) is 0.255. The highest BCUT2D eigenvalue weighted by Crippen LogP contribution is 2.18. The lowest BCUT2D eigenvalue weighted by atomic mass is 10.2. The number of aromatic amines is 2. The highest BCUT2D eigenvalue weighted by molar-refractivity contribution is 5.99. The Labute approximate surface area is 90.8 Å². The number of benzene rings is 1. The molecule has 1 heterocycles. The molecule has 0 spiro atoms. The van der Waals surface area contributed by atoms with Gasteiger partial charge in [-0.25, -0.2) is 4.79 Å². The first-order valence-corrected chi connectivity index (χ1v) is 4.91. The molecular formula is C10H12N4O2. The largest absolute Gasteiger partial charge is 0.330 e. The zero-order valence-corrected chi connectivity index (χ0v) is 8.54. The highest BCUT2D eigenvalue weighted by Gasteiger charge is 2.06. The number of aromatic nitrogens is 2. The summed E-state index contributed by atoms with van der Waals surface area (Å²) >= 11 is 0. The molecule has 0 aliphatic heterocycles. The maximum Gasteiger partial charge on any atom is 0.323 e. The van der Waals surface area contributed by atoms with Gasteiger partial charge < -0.3 is 21.0 Å². The molecule has 0 bridgehead atoms. The van der Waals surface area contributed by atoms with Crippen LogP contribution in [0, 0.1) is 0 Å². The predicted molar refractivity (Wildman–Crippen MR) is 61.2 cm³/mol. The van der Waals surface area contributed by atoms with Crippen LogP contribution in [0.1, 0.15) is 6.42 Å². The van der Waals surface area contributed by atoms with Crippen molar-refractivity contribution in [1.29, 1.82) is 0 Å². The summed E-state index contributed by atoms with van der Waals surface area (Å²) in [6.45, 7) is 0.297. The minimum absolute atomic E-state index is 0.169. The van der Waals surface area contributed by atoms with Crippen LogP contribution in [-0.4, -0.2) is 22.4 Å². The van der Waals surface area contributed by atoms with E-state index in [1.165, 1.54) is 0 Å². The van der Waals surface area contributed by atoms with E-state index in [4.69, 9.17) is 5.73 Å². The van der Waals surface area contributed by atoms with Gasteiger partial charge >= 0.3 is 5.69 Å². The van der Waals surface area contributed by atoms with E-state index in [2.05, 4.69) is 15.3 Å². The Morgan fingerprint density at radius 2 is 2.19 bits per heavy atom. The molecule has 0 aliphatic carbocycles. The van der Waals surface area contributed by atoms with E-state index in [9.17, 15) is 9.59 Å². The van der Waals surface area contributed by atoms with Gasteiger partial charge in [-0.15, -0.1) is 0 Å². The minimum atomic E-state index is -0.296. The Morgan fingerprint density at radius 1 is 1.38 bits per heavy atom. The van der Waals surface area contributed by atoms with Crippen LogP contribution in [0.2, 0.25) is 0 Å². The van der Waals surface area contributed by atoms with Crippen LogP contribution in [0.15, 0.2) is 23.0 Å². The fraction of sp³-hybridized carbons (Fsp3) is 0.200. The molecule has 0 atom stereocenters. The van der Waals surface area contributed by atoms with Crippen LogP contribution >= 0.6 is 0 Å². The molecule has 0 saturated carbocycles. The van der Waals surface area contributed by atoms with Crippen LogP contribution in [-0.2, 0) is 4.79 Å². The first kappa shape index (κ1) is 10.4. The standard InChI is InChI=1S/C10H12N4O2/c11-5-4-8(15)12-6-2-1-3-7-9(6)14-10(16)13-7/h1-3H,4-5,11H2,(H,12,15)(H2,13,14,16). The van der Waals surface area contributed by atoms with Gasteiger partial charge in [-0.3, -0.25) is 4.79 Å². The third-order valence-corrected chi connectivity index (χ3v) is 2.20. The number of nitrogens with one attached hydrogen (secondary N) is 3. The minimum Gasteiger partial charge on any atom is -0.330 e. The normalized spacial score (nSPS) is 10.6. The van der Waals surface area contributed by atoms with Crippen LogP contribution in [0.5, 0.6) is 0 Å². The summed E-state index contributed by atoms with van der Waals surface area (Å²) in [5, 5.41) is 2.69. The molecule has 84 valence electrons. The number of para-hydroxylation sites is 1. The van der Waals surface area contributed by atoms with Crippen molar-refractivity contribution in [2.24, 2.45) is 5.73 Å². The maximum atomic E-state index is 11.4. The summed E-state index contributed by atoms with van der Waals surface area (Å²) in [6, 6.07) is 5.23. The van der Waals surface area contributed by atoms with Gasteiger partial charge in [-0.2, -0.15) is 0 Å². The molecule has 6 heteroatoms. The number of fused-ring (bicyclic) bond motifs is 1. The third kappa shape index (κ3) is 1.96. The smallest absolute Gasteiger partial charge is 0.323 e. The number of amides is 1. The molecule has 1 amide bonds. The lowest BCUT2D eigenvalue weighted by Gasteiger charge is -2.04. The lowest BCUT2D eigenvalue weighted by Crippen LogP contribution is -2.16. The van der Waals surface area contributed by atoms with Gasteiger partial charge in [0.15, 0.2) is 0 Å². The number of carbonyl (C=O) groups excluding carboxylic acids is 1. The van der Waals surface area contributed by atoms with E-state index < -0.39 is 0 Å². The second-order valence-corrected chi connectivity index (χ2v) is 3.39. The van der Waals surface area contributed by atoms with Gasteiger partial charge in [0.05, 0.1) is 16.7 Å².